The number of esters is 3. The zero-order chi connectivity index (χ0) is 51.4. The zero-order valence-electron chi connectivity index (χ0n) is 45.2. The number of carbonyl (C=O) groups is 3. The Morgan fingerprint density at radius 2 is 0.577 bits per heavy atom. The van der Waals surface area contributed by atoms with Gasteiger partial charge in [0.2, 0.25) is 0 Å². The topological polar surface area (TPSA) is 78.9 Å². The molecule has 0 N–H and O–H groups in total. The molecule has 0 aliphatic carbocycles. The van der Waals surface area contributed by atoms with Crippen LogP contribution in [-0.2, 0) is 28.6 Å². The van der Waals surface area contributed by atoms with Crippen LogP contribution in [0, 0.1) is 0 Å². The maximum atomic E-state index is 12.8. The monoisotopic (exact) mass is 977 g/mol. The first-order chi connectivity index (χ1) is 35.0. The molecule has 0 radical (unpaired) electrons. The highest BCUT2D eigenvalue weighted by Gasteiger charge is 2.19. The SMILES string of the molecule is CC/C=C\C/C=C\C/C=C\C/C=C\C/C=C\CCCC(=O)O[C@H](COC(=O)CC/C=C\C/C=C\C/C=C\C/C=C\C/C=C\CCCCC)COC(=O)CCC/C=C\C/C=C\C/C=C\CCCCCCCC. The first kappa shape index (κ1) is 66.0. The summed E-state index contributed by atoms with van der Waals surface area (Å²) in [4.78, 5) is 38.1. The summed E-state index contributed by atoms with van der Waals surface area (Å²) in [5.41, 5.74) is 0. The highest BCUT2D eigenvalue weighted by Crippen LogP contribution is 2.10. The third kappa shape index (κ3) is 55.8. The largest absolute Gasteiger partial charge is 0.462 e. The van der Waals surface area contributed by atoms with E-state index in [1.54, 1.807) is 0 Å². The van der Waals surface area contributed by atoms with E-state index in [4.69, 9.17) is 14.2 Å². The maximum absolute atomic E-state index is 12.8. The predicted octanol–water partition coefficient (Wildman–Crippen LogP) is 19.0. The molecule has 0 aromatic heterocycles. The lowest BCUT2D eigenvalue weighted by Gasteiger charge is -2.18. The van der Waals surface area contributed by atoms with Crippen molar-refractivity contribution in [2.75, 3.05) is 13.2 Å². The molecular formula is C65H100O6. The van der Waals surface area contributed by atoms with Crippen LogP contribution in [0.15, 0.2) is 158 Å². The van der Waals surface area contributed by atoms with E-state index in [-0.39, 0.29) is 44.4 Å². The average Bonchev–Trinajstić information content (AvgIpc) is 3.37. The summed E-state index contributed by atoms with van der Waals surface area (Å²) in [6.45, 7) is 6.31. The lowest BCUT2D eigenvalue weighted by atomic mass is 10.1. The van der Waals surface area contributed by atoms with E-state index in [0.29, 0.717) is 19.3 Å². The van der Waals surface area contributed by atoms with Crippen molar-refractivity contribution < 1.29 is 28.6 Å². The van der Waals surface area contributed by atoms with Gasteiger partial charge >= 0.3 is 17.9 Å². The molecule has 6 heteroatoms. The number of rotatable bonds is 48. The molecule has 0 heterocycles. The number of ether oxygens (including phenoxy) is 3. The molecule has 6 nitrogen and oxygen atoms in total. The molecule has 0 rings (SSSR count). The van der Waals surface area contributed by atoms with Crippen molar-refractivity contribution in [3.63, 3.8) is 0 Å². The van der Waals surface area contributed by atoms with Gasteiger partial charge in [-0.3, -0.25) is 14.4 Å². The summed E-state index contributed by atoms with van der Waals surface area (Å²) >= 11 is 0. The number of hydrogen-bond donors (Lipinski definition) is 0. The predicted molar refractivity (Wildman–Crippen MR) is 306 cm³/mol. The minimum Gasteiger partial charge on any atom is -0.462 e. The second-order valence-electron chi connectivity index (χ2n) is 17.7. The minimum atomic E-state index is -0.866. The van der Waals surface area contributed by atoms with E-state index in [1.807, 2.05) is 12.2 Å². The quantitative estimate of drug-likeness (QED) is 0.0262. The number of hydrogen-bond acceptors (Lipinski definition) is 6. The summed E-state index contributed by atoms with van der Waals surface area (Å²) in [6, 6.07) is 0. The van der Waals surface area contributed by atoms with E-state index in [9.17, 15) is 14.4 Å². The molecule has 71 heavy (non-hydrogen) atoms. The Bertz CT molecular complexity index is 1640. The third-order valence-corrected chi connectivity index (χ3v) is 11.0. The molecule has 0 amide bonds. The van der Waals surface area contributed by atoms with Crippen LogP contribution in [0.3, 0.4) is 0 Å². The van der Waals surface area contributed by atoms with Gasteiger partial charge in [-0.1, -0.05) is 224 Å². The van der Waals surface area contributed by atoms with Gasteiger partial charge in [0, 0.05) is 19.3 Å². The van der Waals surface area contributed by atoms with Crippen LogP contribution >= 0.6 is 0 Å². The lowest BCUT2D eigenvalue weighted by Crippen LogP contribution is -2.30. The molecule has 0 unspecified atom stereocenters. The smallest absolute Gasteiger partial charge is 0.306 e. The Morgan fingerprint density at radius 3 is 0.972 bits per heavy atom. The molecule has 0 bridgehead atoms. The van der Waals surface area contributed by atoms with Gasteiger partial charge in [0.15, 0.2) is 6.10 Å². The normalized spacial score (nSPS) is 13.3. The van der Waals surface area contributed by atoms with Crippen molar-refractivity contribution >= 4 is 17.9 Å². The molecule has 0 aliphatic heterocycles. The Kier molecular flexibility index (Phi) is 53.6. The fraction of sp³-hybridized carbons (Fsp3) is 0.554. The van der Waals surface area contributed by atoms with E-state index >= 15 is 0 Å². The number of carbonyl (C=O) groups excluding carboxylic acids is 3. The Balaban J connectivity index is 4.69. The summed E-state index contributed by atoms with van der Waals surface area (Å²) < 4.78 is 16.7. The molecule has 0 saturated carbocycles. The molecule has 0 fully saturated rings. The van der Waals surface area contributed by atoms with Gasteiger partial charge in [0.1, 0.15) is 13.2 Å². The van der Waals surface area contributed by atoms with E-state index in [1.165, 1.54) is 70.6 Å². The van der Waals surface area contributed by atoms with Gasteiger partial charge in [-0.05, 0) is 128 Å². The van der Waals surface area contributed by atoms with Crippen molar-refractivity contribution in [1.29, 1.82) is 0 Å². The van der Waals surface area contributed by atoms with Gasteiger partial charge in [-0.25, -0.2) is 0 Å². The van der Waals surface area contributed by atoms with E-state index in [2.05, 4.69) is 167 Å². The van der Waals surface area contributed by atoms with Gasteiger partial charge in [-0.15, -0.1) is 0 Å². The summed E-state index contributed by atoms with van der Waals surface area (Å²) in [5.74, 6) is -1.16. The minimum absolute atomic E-state index is 0.157. The van der Waals surface area contributed by atoms with Crippen LogP contribution in [0.5, 0.6) is 0 Å². The van der Waals surface area contributed by atoms with Crippen LogP contribution in [-0.4, -0.2) is 37.2 Å². The molecule has 0 aliphatic rings. The van der Waals surface area contributed by atoms with Crippen LogP contribution in [0.2, 0.25) is 0 Å². The second-order valence-corrected chi connectivity index (χ2v) is 17.7. The molecule has 1 atom stereocenters. The van der Waals surface area contributed by atoms with Gasteiger partial charge < -0.3 is 14.2 Å². The van der Waals surface area contributed by atoms with Crippen molar-refractivity contribution in [1.82, 2.24) is 0 Å². The summed E-state index contributed by atoms with van der Waals surface area (Å²) in [7, 11) is 0. The Morgan fingerprint density at radius 1 is 0.296 bits per heavy atom. The average molecular weight is 978 g/mol. The fourth-order valence-corrected chi connectivity index (χ4v) is 6.83. The van der Waals surface area contributed by atoms with Crippen LogP contribution in [0.1, 0.15) is 213 Å². The zero-order valence-corrected chi connectivity index (χ0v) is 45.2. The highest BCUT2D eigenvalue weighted by molar-refractivity contribution is 5.71. The molecule has 0 aromatic carbocycles. The summed E-state index contributed by atoms with van der Waals surface area (Å²) in [6.07, 6.45) is 84.0. The summed E-state index contributed by atoms with van der Waals surface area (Å²) in [5, 5.41) is 0. The van der Waals surface area contributed by atoms with Crippen LogP contribution in [0.4, 0.5) is 0 Å². The fourth-order valence-electron chi connectivity index (χ4n) is 6.83. The third-order valence-electron chi connectivity index (χ3n) is 11.0. The van der Waals surface area contributed by atoms with Crippen molar-refractivity contribution in [2.45, 2.75) is 219 Å². The highest BCUT2D eigenvalue weighted by atomic mass is 16.6. The second kappa shape index (κ2) is 57.6. The van der Waals surface area contributed by atoms with Gasteiger partial charge in [0.25, 0.3) is 0 Å². The molecule has 396 valence electrons. The van der Waals surface area contributed by atoms with E-state index < -0.39 is 12.1 Å². The Labute approximate surface area is 435 Å². The molecular weight excluding hydrogens is 877 g/mol. The first-order valence-corrected chi connectivity index (χ1v) is 28.0. The van der Waals surface area contributed by atoms with Gasteiger partial charge in [-0.2, -0.15) is 0 Å². The van der Waals surface area contributed by atoms with Crippen molar-refractivity contribution in [3.8, 4) is 0 Å². The first-order valence-electron chi connectivity index (χ1n) is 28.0. The molecule has 0 saturated heterocycles. The van der Waals surface area contributed by atoms with Crippen LogP contribution < -0.4 is 0 Å². The molecule has 0 aromatic rings. The van der Waals surface area contributed by atoms with Gasteiger partial charge in [0.05, 0.1) is 0 Å². The number of unbranched alkanes of at least 4 members (excludes halogenated alkanes) is 11. The molecule has 0 spiro atoms. The van der Waals surface area contributed by atoms with Crippen LogP contribution in [0.25, 0.3) is 0 Å². The van der Waals surface area contributed by atoms with E-state index in [0.717, 1.165) is 83.5 Å². The lowest BCUT2D eigenvalue weighted by molar-refractivity contribution is -0.166. The van der Waals surface area contributed by atoms with Crippen molar-refractivity contribution in [2.24, 2.45) is 0 Å². The standard InChI is InChI=1S/C65H100O6/c1-4-7-10-13-16-19-22-25-28-31-32-35-37-40-43-46-49-52-55-58-64(67)70-61-62(71-65(68)59-56-53-50-47-44-41-38-34-30-27-24-21-18-15-12-9-6-3)60-69-63(66)57-54-51-48-45-42-39-36-33-29-26-23-20-17-14-11-8-5-2/h9,12,16,18-19,21,25-30,32,35-36,38-41,43,45,47-50,52,62H,4-8,10-11,13-15,17,20,22-24,31,33-34,37,42,44,46,51,53-61H2,1-3H3/b12-9-,19-16-,21-18-,28-25-,29-26-,30-27-,35-32-,39-36-,41-38-,43-40-,48-45-,50-47-,52-49-/t62-/m0/s1. The maximum Gasteiger partial charge on any atom is 0.306 e. The Hall–Kier alpha value is -4.97. The van der Waals surface area contributed by atoms with Crippen molar-refractivity contribution in [3.05, 3.63) is 158 Å². The number of allylic oxidation sites excluding steroid dienone is 26.